The number of carbonyl (C=O) groups is 1. The molecule has 1 unspecified atom stereocenters. The maximum Gasteiger partial charge on any atom is 0.258 e. The number of aliphatic imine (C=N–C) groups is 1. The minimum atomic E-state index is -0.518. The van der Waals surface area contributed by atoms with E-state index in [-0.39, 0.29) is 11.9 Å². The van der Waals surface area contributed by atoms with Crippen LogP contribution in [0.15, 0.2) is 29.3 Å². The van der Waals surface area contributed by atoms with Crippen molar-refractivity contribution in [3.8, 4) is 5.75 Å². The van der Waals surface area contributed by atoms with E-state index < -0.39 is 6.04 Å². The van der Waals surface area contributed by atoms with Gasteiger partial charge in [-0.15, -0.1) is 0 Å². The fraction of sp³-hybridized carbons (Fsp3) is 0.273. The number of nitrogens with zero attached hydrogens (tertiary/aromatic N) is 2. The maximum absolute atomic E-state index is 11.8. The average Bonchev–Trinajstić information content (AvgIpc) is 2.57. The quantitative estimate of drug-likeness (QED) is 0.788. The van der Waals surface area contributed by atoms with Crippen LogP contribution in [0.4, 0.5) is 0 Å². The minimum absolute atomic E-state index is 0.109. The Hall–Kier alpha value is -2.04. The van der Waals surface area contributed by atoms with E-state index in [0.717, 1.165) is 11.3 Å². The molecule has 1 aliphatic rings. The number of benzene rings is 1. The van der Waals surface area contributed by atoms with Crippen LogP contribution in [0.2, 0.25) is 0 Å². The van der Waals surface area contributed by atoms with Gasteiger partial charge in [0.05, 0.1) is 7.11 Å². The van der Waals surface area contributed by atoms with Gasteiger partial charge in [0, 0.05) is 7.05 Å². The first-order valence-corrected chi connectivity index (χ1v) is 4.88. The molecule has 1 amide bonds. The van der Waals surface area contributed by atoms with E-state index in [0.29, 0.717) is 0 Å². The Morgan fingerprint density at radius 3 is 2.44 bits per heavy atom. The molecular formula is C11H13N3O2. The Balaban J connectivity index is 2.28. The summed E-state index contributed by atoms with van der Waals surface area (Å²) < 4.78 is 5.05. The number of ether oxygens (including phenoxy) is 1. The Labute approximate surface area is 93.5 Å². The monoisotopic (exact) mass is 219 g/mol. The van der Waals surface area contributed by atoms with Crippen molar-refractivity contribution in [1.82, 2.24) is 4.90 Å². The zero-order chi connectivity index (χ0) is 11.7. The summed E-state index contributed by atoms with van der Waals surface area (Å²) in [7, 11) is 3.21. The minimum Gasteiger partial charge on any atom is -0.497 e. The molecule has 1 heterocycles. The molecule has 0 aliphatic carbocycles. The molecule has 1 aromatic carbocycles. The van der Waals surface area contributed by atoms with Crippen LogP contribution in [0.3, 0.4) is 0 Å². The summed E-state index contributed by atoms with van der Waals surface area (Å²) in [4.78, 5) is 17.2. The highest BCUT2D eigenvalue weighted by molar-refractivity contribution is 6.04. The zero-order valence-corrected chi connectivity index (χ0v) is 9.18. The van der Waals surface area contributed by atoms with Crippen molar-refractivity contribution >= 4 is 11.9 Å². The van der Waals surface area contributed by atoms with Crippen molar-refractivity contribution in [3.05, 3.63) is 29.8 Å². The fourth-order valence-corrected chi connectivity index (χ4v) is 1.57. The van der Waals surface area contributed by atoms with E-state index in [9.17, 15) is 4.79 Å². The number of rotatable bonds is 2. The van der Waals surface area contributed by atoms with Gasteiger partial charge in [0.25, 0.3) is 5.91 Å². The van der Waals surface area contributed by atoms with Gasteiger partial charge in [-0.05, 0) is 17.7 Å². The van der Waals surface area contributed by atoms with Gasteiger partial charge in [-0.2, -0.15) is 0 Å². The van der Waals surface area contributed by atoms with Gasteiger partial charge in [-0.25, -0.2) is 4.99 Å². The van der Waals surface area contributed by atoms with Crippen molar-refractivity contribution < 1.29 is 9.53 Å². The molecule has 0 bridgehead atoms. The lowest BCUT2D eigenvalue weighted by atomic mass is 10.1. The smallest absolute Gasteiger partial charge is 0.258 e. The largest absolute Gasteiger partial charge is 0.497 e. The highest BCUT2D eigenvalue weighted by Gasteiger charge is 2.31. The predicted molar refractivity (Wildman–Crippen MR) is 60.1 cm³/mol. The zero-order valence-electron chi connectivity index (χ0n) is 9.18. The Bertz CT molecular complexity index is 439. The number of hydrogen-bond donors (Lipinski definition) is 1. The highest BCUT2D eigenvalue weighted by atomic mass is 16.5. The normalized spacial score (nSPS) is 19.9. The van der Waals surface area contributed by atoms with E-state index in [2.05, 4.69) is 4.99 Å². The van der Waals surface area contributed by atoms with E-state index >= 15 is 0 Å². The van der Waals surface area contributed by atoms with Crippen LogP contribution in [-0.4, -0.2) is 30.9 Å². The number of nitrogens with two attached hydrogens (primary N) is 1. The summed E-state index contributed by atoms with van der Waals surface area (Å²) in [5.41, 5.74) is 6.40. The van der Waals surface area contributed by atoms with Crippen molar-refractivity contribution in [1.29, 1.82) is 0 Å². The molecule has 0 spiro atoms. The third-order valence-corrected chi connectivity index (χ3v) is 2.60. The van der Waals surface area contributed by atoms with Gasteiger partial charge >= 0.3 is 0 Å². The molecule has 0 radical (unpaired) electrons. The number of amides is 1. The molecule has 0 fully saturated rings. The van der Waals surface area contributed by atoms with E-state index in [1.165, 1.54) is 4.90 Å². The topological polar surface area (TPSA) is 67.9 Å². The summed E-state index contributed by atoms with van der Waals surface area (Å²) in [6, 6.07) is 6.71. The first-order valence-electron chi connectivity index (χ1n) is 4.88. The van der Waals surface area contributed by atoms with Gasteiger partial charge < -0.3 is 10.5 Å². The second-order valence-corrected chi connectivity index (χ2v) is 3.56. The molecule has 1 atom stereocenters. The van der Waals surface area contributed by atoms with Gasteiger partial charge in [0.2, 0.25) is 0 Å². The Kier molecular flexibility index (Phi) is 2.52. The van der Waals surface area contributed by atoms with Crippen LogP contribution in [0.1, 0.15) is 11.6 Å². The van der Waals surface area contributed by atoms with E-state index in [1.807, 2.05) is 12.1 Å². The standard InChI is InChI=1S/C11H13N3O2/c1-14-10(15)9(13-11(14)12)7-3-5-8(16-2)6-4-7/h3-6,9H,1-2H3,(H2,12,13). The molecule has 0 aromatic heterocycles. The van der Waals surface area contributed by atoms with Crippen LogP contribution < -0.4 is 10.5 Å². The van der Waals surface area contributed by atoms with Gasteiger partial charge in [0.15, 0.2) is 12.0 Å². The molecule has 5 nitrogen and oxygen atoms in total. The highest BCUT2D eigenvalue weighted by Crippen LogP contribution is 2.25. The Morgan fingerprint density at radius 2 is 2.00 bits per heavy atom. The molecule has 0 saturated heterocycles. The van der Waals surface area contributed by atoms with Gasteiger partial charge in [-0.3, -0.25) is 9.69 Å². The van der Waals surface area contributed by atoms with Crippen LogP contribution in [0.5, 0.6) is 5.75 Å². The third-order valence-electron chi connectivity index (χ3n) is 2.60. The van der Waals surface area contributed by atoms with Crippen molar-refractivity contribution in [3.63, 3.8) is 0 Å². The molecule has 16 heavy (non-hydrogen) atoms. The Morgan fingerprint density at radius 1 is 1.38 bits per heavy atom. The number of methoxy groups -OCH3 is 1. The lowest BCUT2D eigenvalue weighted by molar-refractivity contribution is -0.126. The molecule has 5 heteroatoms. The molecular weight excluding hydrogens is 206 g/mol. The lowest BCUT2D eigenvalue weighted by Gasteiger charge is -2.10. The maximum atomic E-state index is 11.8. The molecule has 1 aromatic rings. The lowest BCUT2D eigenvalue weighted by Crippen LogP contribution is -2.34. The third kappa shape index (κ3) is 1.60. The average molecular weight is 219 g/mol. The molecule has 84 valence electrons. The van der Waals surface area contributed by atoms with Crippen LogP contribution in [-0.2, 0) is 4.79 Å². The fourth-order valence-electron chi connectivity index (χ4n) is 1.57. The summed E-state index contributed by atoms with van der Waals surface area (Å²) in [6.45, 7) is 0. The molecule has 2 rings (SSSR count). The van der Waals surface area contributed by atoms with Crippen LogP contribution in [0.25, 0.3) is 0 Å². The number of likely N-dealkylation sites (N-methyl/N-ethyl adjacent to an activating group) is 1. The molecule has 1 aliphatic heterocycles. The summed E-state index contributed by atoms with van der Waals surface area (Å²) >= 11 is 0. The molecule has 2 N–H and O–H groups in total. The predicted octanol–water partition coefficient (Wildman–Crippen LogP) is 0.523. The summed E-state index contributed by atoms with van der Waals surface area (Å²) in [5, 5.41) is 0. The molecule has 0 saturated carbocycles. The number of carbonyl (C=O) groups excluding carboxylic acids is 1. The van der Waals surface area contributed by atoms with Gasteiger partial charge in [-0.1, -0.05) is 12.1 Å². The summed E-state index contributed by atoms with van der Waals surface area (Å²) in [6.07, 6.45) is 0. The van der Waals surface area contributed by atoms with Crippen LogP contribution in [0, 0.1) is 0 Å². The van der Waals surface area contributed by atoms with E-state index in [4.69, 9.17) is 10.5 Å². The second kappa shape index (κ2) is 3.84. The summed E-state index contributed by atoms with van der Waals surface area (Å²) in [5.74, 6) is 0.896. The first kappa shape index (κ1) is 10.5. The second-order valence-electron chi connectivity index (χ2n) is 3.56. The SMILES string of the molecule is COc1ccc(C2N=C(N)N(C)C2=O)cc1. The number of guanidine groups is 1. The first-order chi connectivity index (χ1) is 7.63. The van der Waals surface area contributed by atoms with Crippen LogP contribution >= 0.6 is 0 Å². The van der Waals surface area contributed by atoms with Crippen molar-refractivity contribution in [2.24, 2.45) is 10.7 Å². The number of hydrogen-bond acceptors (Lipinski definition) is 4. The van der Waals surface area contributed by atoms with Crippen molar-refractivity contribution in [2.75, 3.05) is 14.2 Å². The van der Waals surface area contributed by atoms with Gasteiger partial charge in [0.1, 0.15) is 5.75 Å². The van der Waals surface area contributed by atoms with E-state index in [1.54, 1.807) is 26.3 Å². The van der Waals surface area contributed by atoms with Crippen molar-refractivity contribution in [2.45, 2.75) is 6.04 Å².